The third-order valence-corrected chi connectivity index (χ3v) is 9.60. The molecule has 0 aliphatic carbocycles. The first-order chi connectivity index (χ1) is 24.6. The summed E-state index contributed by atoms with van der Waals surface area (Å²) in [5.74, 6) is -1.20. The number of phenols is 2. The first kappa shape index (κ1) is 36.1. The van der Waals surface area contributed by atoms with Gasteiger partial charge in [-0.05, 0) is 108 Å². The number of aromatic hydroxyl groups is 2. The highest BCUT2D eigenvalue weighted by molar-refractivity contribution is 7.86. The molecule has 6 aromatic carbocycles. The average molecular weight is 782 g/mol. The lowest BCUT2D eigenvalue weighted by Crippen LogP contribution is -2.19. The maximum absolute atomic E-state index is 13.0. The van der Waals surface area contributed by atoms with Crippen LogP contribution < -0.4 is 10.6 Å². The Balaban J connectivity index is 1.27. The van der Waals surface area contributed by atoms with Crippen LogP contribution in [0.5, 0.6) is 11.5 Å². The molecule has 264 valence electrons. The largest absolute Gasteiger partial charge is 0.505 e. The number of azo groups is 2. The van der Waals surface area contributed by atoms with Crippen molar-refractivity contribution < 1.29 is 40.9 Å². The van der Waals surface area contributed by atoms with Crippen molar-refractivity contribution in [2.45, 2.75) is 9.79 Å². The topological polar surface area (TPSA) is 240 Å². The molecule has 19 heteroatoms. The minimum Gasteiger partial charge on any atom is -0.505 e. The lowest BCUT2D eigenvalue weighted by molar-refractivity contribution is 0.262. The van der Waals surface area contributed by atoms with E-state index in [0.717, 1.165) is 12.1 Å². The van der Waals surface area contributed by atoms with Crippen LogP contribution in [0.2, 0.25) is 10.0 Å². The molecule has 0 aromatic heterocycles. The van der Waals surface area contributed by atoms with Crippen LogP contribution in [0.4, 0.5) is 38.9 Å². The molecule has 0 spiro atoms. The van der Waals surface area contributed by atoms with Crippen molar-refractivity contribution in [3.05, 3.63) is 107 Å². The van der Waals surface area contributed by atoms with Crippen LogP contribution in [-0.2, 0) is 20.2 Å². The van der Waals surface area contributed by atoms with Gasteiger partial charge in [-0.2, -0.15) is 27.1 Å². The summed E-state index contributed by atoms with van der Waals surface area (Å²) in [4.78, 5) is 11.5. The van der Waals surface area contributed by atoms with Gasteiger partial charge in [-0.15, -0.1) is 10.2 Å². The zero-order chi connectivity index (χ0) is 37.4. The van der Waals surface area contributed by atoms with Crippen LogP contribution in [0.25, 0.3) is 21.5 Å². The molecule has 0 saturated heterocycles. The van der Waals surface area contributed by atoms with Crippen molar-refractivity contribution in [1.29, 1.82) is 0 Å². The lowest BCUT2D eigenvalue weighted by atomic mass is 10.1. The molecule has 0 aliphatic heterocycles. The number of carbonyl (C=O) groups is 1. The van der Waals surface area contributed by atoms with Gasteiger partial charge in [0, 0.05) is 32.2 Å². The van der Waals surface area contributed by atoms with Gasteiger partial charge in [0.1, 0.15) is 21.2 Å². The number of hydrogen-bond acceptors (Lipinski definition) is 11. The zero-order valence-corrected chi connectivity index (χ0v) is 29.1. The predicted molar refractivity (Wildman–Crippen MR) is 195 cm³/mol. The van der Waals surface area contributed by atoms with E-state index >= 15 is 0 Å². The van der Waals surface area contributed by atoms with Gasteiger partial charge < -0.3 is 20.8 Å². The van der Waals surface area contributed by atoms with E-state index in [1.165, 1.54) is 84.9 Å². The normalized spacial score (nSPS) is 12.2. The molecule has 15 nitrogen and oxygen atoms in total. The van der Waals surface area contributed by atoms with Crippen molar-refractivity contribution >= 4 is 105 Å². The van der Waals surface area contributed by atoms with E-state index in [1.807, 2.05) is 0 Å². The zero-order valence-electron chi connectivity index (χ0n) is 25.9. The number of phenolic OH excluding ortho intramolecular Hbond substituents is 2. The number of anilines is 2. The van der Waals surface area contributed by atoms with E-state index in [9.17, 15) is 40.9 Å². The van der Waals surface area contributed by atoms with Gasteiger partial charge in [-0.1, -0.05) is 23.2 Å². The Bertz CT molecular complexity index is 2510. The molecular formula is C33H22Cl2N6O9S2. The number of carbonyl (C=O) groups excluding carboxylic acids is 1. The van der Waals surface area contributed by atoms with Gasteiger partial charge in [0.2, 0.25) is 0 Å². The molecule has 0 bridgehead atoms. The Kier molecular flexibility index (Phi) is 9.82. The number of halogens is 2. The number of rotatable bonds is 8. The second kappa shape index (κ2) is 14.1. The average Bonchev–Trinajstić information content (AvgIpc) is 3.07. The second-order valence-electron chi connectivity index (χ2n) is 10.9. The molecule has 6 N–H and O–H groups in total. The number of fused-ring (bicyclic) bond motifs is 2. The molecule has 0 fully saturated rings. The summed E-state index contributed by atoms with van der Waals surface area (Å²) in [7, 11) is -9.82. The quantitative estimate of drug-likeness (QED) is 0.0635. The van der Waals surface area contributed by atoms with E-state index in [4.69, 9.17) is 23.2 Å². The summed E-state index contributed by atoms with van der Waals surface area (Å²) in [5.41, 5.74) is -0.161. The Morgan fingerprint density at radius 1 is 0.538 bits per heavy atom. The van der Waals surface area contributed by atoms with Crippen molar-refractivity contribution in [1.82, 2.24) is 0 Å². The van der Waals surface area contributed by atoms with Crippen LogP contribution in [0, 0.1) is 0 Å². The third kappa shape index (κ3) is 7.94. The van der Waals surface area contributed by atoms with Gasteiger partial charge >= 0.3 is 6.03 Å². The highest BCUT2D eigenvalue weighted by Crippen LogP contribution is 2.43. The van der Waals surface area contributed by atoms with Crippen molar-refractivity contribution in [3.63, 3.8) is 0 Å². The van der Waals surface area contributed by atoms with Gasteiger partial charge in [0.15, 0.2) is 11.5 Å². The Hall–Kier alpha value is -5.69. The number of hydrogen-bond donors (Lipinski definition) is 6. The molecule has 6 aromatic rings. The van der Waals surface area contributed by atoms with Gasteiger partial charge in [-0.25, -0.2) is 4.79 Å². The van der Waals surface area contributed by atoms with Crippen LogP contribution in [-0.4, -0.2) is 42.2 Å². The Morgan fingerprint density at radius 2 is 0.904 bits per heavy atom. The molecule has 2 amide bonds. The highest BCUT2D eigenvalue weighted by Gasteiger charge is 2.24. The Labute approximate surface area is 304 Å². The molecule has 0 radical (unpaired) electrons. The number of amides is 2. The summed E-state index contributed by atoms with van der Waals surface area (Å²) in [6.45, 7) is 0. The molecular weight excluding hydrogens is 759 g/mol. The maximum atomic E-state index is 13.0. The van der Waals surface area contributed by atoms with Crippen molar-refractivity contribution in [3.8, 4) is 11.5 Å². The van der Waals surface area contributed by atoms with Crippen LogP contribution >= 0.6 is 23.2 Å². The molecule has 0 atom stereocenters. The summed E-state index contributed by atoms with van der Waals surface area (Å²) >= 11 is 11.7. The number of nitrogens with zero attached hydrogens (tertiary/aromatic N) is 4. The molecule has 6 rings (SSSR count). The molecule has 52 heavy (non-hydrogen) atoms. The van der Waals surface area contributed by atoms with Crippen LogP contribution in [0.15, 0.2) is 127 Å². The van der Waals surface area contributed by atoms with E-state index < -0.39 is 58.9 Å². The maximum Gasteiger partial charge on any atom is 0.323 e. The summed E-state index contributed by atoms with van der Waals surface area (Å²) in [6.07, 6.45) is 0. The van der Waals surface area contributed by atoms with Crippen molar-refractivity contribution in [2.24, 2.45) is 20.5 Å². The first-order valence-corrected chi connectivity index (χ1v) is 18.2. The predicted octanol–water partition coefficient (Wildman–Crippen LogP) is 9.68. The van der Waals surface area contributed by atoms with E-state index in [-0.39, 0.29) is 32.9 Å². The minimum atomic E-state index is -4.91. The summed E-state index contributed by atoms with van der Waals surface area (Å²) in [6, 6.07) is 21.7. The van der Waals surface area contributed by atoms with Crippen LogP contribution in [0.3, 0.4) is 0 Å². The Morgan fingerprint density at radius 3 is 1.25 bits per heavy atom. The van der Waals surface area contributed by atoms with Gasteiger partial charge in [0.05, 0.1) is 11.4 Å². The number of benzene rings is 6. The molecule has 0 saturated carbocycles. The molecule has 0 unspecified atom stereocenters. The summed E-state index contributed by atoms with van der Waals surface area (Å²) in [5, 5.41) is 43.8. The fraction of sp³-hybridized carbons (Fsp3) is 0. The standard InChI is InChI=1S/C33H22Cl2N6O9S2/c34-19-1-5-21(6-2-19)38-40-29-27(51(45,46)47)15-17-13-23(9-11-25(17)31(29)42)36-33(44)37-24-10-12-26-18(14-24)16-28(52(48,49)50)30(32(26)43)41-39-22-7-3-20(35)4-8-22/h1-16,42-43H,(H2,36,37,44)(H,45,46,47)(H,48,49,50). The fourth-order valence-corrected chi connectivity index (χ4v) is 6.54. The van der Waals surface area contributed by atoms with Crippen LogP contribution in [0.1, 0.15) is 0 Å². The second-order valence-corrected chi connectivity index (χ2v) is 14.6. The number of nitrogens with one attached hydrogen (secondary N) is 2. The lowest BCUT2D eigenvalue weighted by Gasteiger charge is -2.13. The van der Waals surface area contributed by atoms with Gasteiger partial charge in [0.25, 0.3) is 20.2 Å². The van der Waals surface area contributed by atoms with E-state index in [2.05, 4.69) is 31.1 Å². The monoisotopic (exact) mass is 780 g/mol. The fourth-order valence-electron chi connectivity index (χ4n) is 4.97. The number of urea groups is 1. The molecule has 0 heterocycles. The molecule has 0 aliphatic rings. The smallest absolute Gasteiger partial charge is 0.323 e. The van der Waals surface area contributed by atoms with E-state index in [0.29, 0.717) is 21.4 Å². The van der Waals surface area contributed by atoms with E-state index in [1.54, 1.807) is 0 Å². The first-order valence-electron chi connectivity index (χ1n) is 14.5. The van der Waals surface area contributed by atoms with Gasteiger partial charge in [-0.3, -0.25) is 9.11 Å². The SMILES string of the molecule is O=C(Nc1ccc2c(O)c(N=Nc3ccc(Cl)cc3)c(S(=O)(=O)O)cc2c1)Nc1ccc2c(O)c(N=Nc3ccc(Cl)cc3)c(S(=O)(=O)O)cc2c1. The van der Waals surface area contributed by atoms with Crippen molar-refractivity contribution in [2.75, 3.05) is 10.6 Å². The third-order valence-electron chi connectivity index (χ3n) is 7.36. The summed E-state index contributed by atoms with van der Waals surface area (Å²) < 4.78 is 68.8. The highest BCUT2D eigenvalue weighted by atomic mass is 35.5. The minimum absolute atomic E-state index is 0.108.